The van der Waals surface area contributed by atoms with Crippen LogP contribution in [0.25, 0.3) is 0 Å². The molecule has 0 aromatic heterocycles. The van der Waals surface area contributed by atoms with E-state index < -0.39 is 11.8 Å². The lowest BCUT2D eigenvalue weighted by Crippen LogP contribution is -2.45. The molecule has 0 fully saturated rings. The van der Waals surface area contributed by atoms with Gasteiger partial charge in [0.25, 0.3) is 0 Å². The second kappa shape index (κ2) is 9.30. The summed E-state index contributed by atoms with van der Waals surface area (Å²) in [6.45, 7) is 3.42. The molecular formula is C20H22ClN3O3. The molecule has 0 aliphatic rings. The highest BCUT2D eigenvalue weighted by Gasteiger charge is 2.22. The summed E-state index contributed by atoms with van der Waals surface area (Å²) in [5.41, 5.74) is 6.71. The Morgan fingerprint density at radius 2 is 1.74 bits per heavy atom. The van der Waals surface area contributed by atoms with Gasteiger partial charge in [0.15, 0.2) is 5.78 Å². The van der Waals surface area contributed by atoms with E-state index >= 15 is 0 Å². The molecular weight excluding hydrogens is 366 g/mol. The highest BCUT2D eigenvalue weighted by Crippen LogP contribution is 2.28. The molecule has 2 aromatic rings. The van der Waals surface area contributed by atoms with Crippen molar-refractivity contribution in [2.75, 3.05) is 18.0 Å². The maximum Gasteiger partial charge on any atom is 0.246 e. The number of benzene rings is 2. The number of nitrogens with zero attached hydrogens (tertiary/aromatic N) is 1. The van der Waals surface area contributed by atoms with Crippen LogP contribution in [0.5, 0.6) is 0 Å². The Bertz CT molecular complexity index is 838. The number of carbonyl (C=O) groups excluding carboxylic acids is 3. The average molecular weight is 388 g/mol. The number of rotatable bonds is 7. The third-order valence-electron chi connectivity index (χ3n) is 3.95. The lowest BCUT2D eigenvalue weighted by Gasteiger charge is -2.30. The van der Waals surface area contributed by atoms with Gasteiger partial charge in [0, 0.05) is 27.9 Å². The SMILES string of the molecule is CC(C)N(CC(=O)NC(=O)CN)c1ccc(Cl)cc1C(=O)c1ccccc1. The van der Waals surface area contributed by atoms with Crippen molar-refractivity contribution in [3.05, 3.63) is 64.7 Å². The molecule has 2 aromatic carbocycles. The number of nitrogens with two attached hydrogens (primary N) is 1. The molecule has 142 valence electrons. The smallest absolute Gasteiger partial charge is 0.246 e. The van der Waals surface area contributed by atoms with Gasteiger partial charge in [0.1, 0.15) is 0 Å². The number of nitrogens with one attached hydrogen (secondary N) is 1. The van der Waals surface area contributed by atoms with Crippen LogP contribution in [-0.2, 0) is 9.59 Å². The lowest BCUT2D eigenvalue weighted by molar-refractivity contribution is -0.128. The van der Waals surface area contributed by atoms with Crippen LogP contribution in [0.3, 0.4) is 0 Å². The fourth-order valence-corrected chi connectivity index (χ4v) is 2.80. The largest absolute Gasteiger partial charge is 0.359 e. The monoisotopic (exact) mass is 387 g/mol. The number of imide groups is 1. The van der Waals surface area contributed by atoms with Crippen LogP contribution in [0, 0.1) is 0 Å². The molecule has 0 spiro atoms. The van der Waals surface area contributed by atoms with Gasteiger partial charge >= 0.3 is 0 Å². The van der Waals surface area contributed by atoms with Gasteiger partial charge in [-0.3, -0.25) is 19.7 Å². The molecule has 7 heteroatoms. The van der Waals surface area contributed by atoms with Gasteiger partial charge in [-0.05, 0) is 32.0 Å². The van der Waals surface area contributed by atoms with Crippen LogP contribution in [0.15, 0.2) is 48.5 Å². The van der Waals surface area contributed by atoms with Crippen molar-refractivity contribution in [3.63, 3.8) is 0 Å². The topological polar surface area (TPSA) is 92.5 Å². The van der Waals surface area contributed by atoms with E-state index in [1.165, 1.54) is 0 Å². The Kier molecular flexibility index (Phi) is 7.10. The molecule has 0 unspecified atom stereocenters. The molecule has 0 saturated carbocycles. The van der Waals surface area contributed by atoms with Crippen molar-refractivity contribution in [1.29, 1.82) is 0 Å². The first-order valence-electron chi connectivity index (χ1n) is 8.52. The minimum atomic E-state index is -0.555. The number of hydrogen-bond donors (Lipinski definition) is 2. The quantitative estimate of drug-likeness (QED) is 0.711. The molecule has 0 radical (unpaired) electrons. The van der Waals surface area contributed by atoms with Gasteiger partial charge in [-0.2, -0.15) is 0 Å². The van der Waals surface area contributed by atoms with E-state index in [-0.39, 0.29) is 24.9 Å². The number of ketones is 1. The molecule has 27 heavy (non-hydrogen) atoms. The number of amides is 2. The molecule has 3 N–H and O–H groups in total. The van der Waals surface area contributed by atoms with E-state index in [4.69, 9.17) is 17.3 Å². The molecule has 0 saturated heterocycles. The zero-order valence-corrected chi connectivity index (χ0v) is 16.0. The van der Waals surface area contributed by atoms with Gasteiger partial charge < -0.3 is 10.6 Å². The Labute approximate surface area is 163 Å². The van der Waals surface area contributed by atoms with E-state index in [0.29, 0.717) is 21.8 Å². The summed E-state index contributed by atoms with van der Waals surface area (Å²) < 4.78 is 0. The highest BCUT2D eigenvalue weighted by atomic mass is 35.5. The summed E-state index contributed by atoms with van der Waals surface area (Å²) in [5.74, 6) is -1.25. The predicted octanol–water partition coefficient (Wildman–Crippen LogP) is 2.39. The maximum absolute atomic E-state index is 13.0. The van der Waals surface area contributed by atoms with Gasteiger partial charge in [-0.1, -0.05) is 41.9 Å². The molecule has 0 bridgehead atoms. The maximum atomic E-state index is 13.0. The predicted molar refractivity (Wildman–Crippen MR) is 106 cm³/mol. The van der Waals surface area contributed by atoms with Crippen LogP contribution in [0.4, 0.5) is 5.69 Å². The molecule has 0 atom stereocenters. The van der Waals surface area contributed by atoms with Crippen LogP contribution >= 0.6 is 11.6 Å². The highest BCUT2D eigenvalue weighted by molar-refractivity contribution is 6.31. The Balaban J connectivity index is 2.40. The number of halogens is 1. The van der Waals surface area contributed by atoms with E-state index in [1.54, 1.807) is 47.4 Å². The fraction of sp³-hybridized carbons (Fsp3) is 0.250. The lowest BCUT2D eigenvalue weighted by atomic mass is 10.0. The van der Waals surface area contributed by atoms with Crippen molar-refractivity contribution in [3.8, 4) is 0 Å². The Hall–Kier alpha value is -2.70. The van der Waals surface area contributed by atoms with E-state index in [9.17, 15) is 14.4 Å². The fourth-order valence-electron chi connectivity index (χ4n) is 2.63. The van der Waals surface area contributed by atoms with Crippen molar-refractivity contribution < 1.29 is 14.4 Å². The van der Waals surface area contributed by atoms with Gasteiger partial charge in [0.05, 0.1) is 13.1 Å². The first kappa shape index (κ1) is 20.6. The van der Waals surface area contributed by atoms with E-state index in [2.05, 4.69) is 5.32 Å². The standard InChI is InChI=1S/C20H22ClN3O3/c1-13(2)24(12-19(26)23-18(25)11-22)17-9-8-15(21)10-16(17)20(27)14-6-4-3-5-7-14/h3-10,13H,11-12,22H2,1-2H3,(H,23,25,26). The summed E-state index contributed by atoms with van der Waals surface area (Å²) in [7, 11) is 0. The zero-order valence-electron chi connectivity index (χ0n) is 15.2. The van der Waals surface area contributed by atoms with Gasteiger partial charge in [-0.15, -0.1) is 0 Å². The molecule has 0 heterocycles. The van der Waals surface area contributed by atoms with Crippen molar-refractivity contribution in [2.45, 2.75) is 19.9 Å². The molecule has 0 aliphatic heterocycles. The summed E-state index contributed by atoms with van der Waals surface area (Å²) in [4.78, 5) is 38.3. The number of carbonyl (C=O) groups is 3. The summed E-state index contributed by atoms with van der Waals surface area (Å²) in [5, 5.41) is 2.64. The summed E-state index contributed by atoms with van der Waals surface area (Å²) in [6, 6.07) is 13.7. The van der Waals surface area contributed by atoms with Gasteiger partial charge in [0.2, 0.25) is 11.8 Å². The summed E-state index contributed by atoms with van der Waals surface area (Å²) >= 11 is 6.12. The van der Waals surface area contributed by atoms with Crippen LogP contribution in [-0.4, -0.2) is 36.7 Å². The molecule has 6 nitrogen and oxygen atoms in total. The van der Waals surface area contributed by atoms with E-state index in [1.807, 2.05) is 19.9 Å². The van der Waals surface area contributed by atoms with Crippen LogP contribution in [0.2, 0.25) is 5.02 Å². The normalized spacial score (nSPS) is 10.6. The van der Waals surface area contributed by atoms with Crippen LogP contribution < -0.4 is 16.0 Å². The third kappa shape index (κ3) is 5.39. The average Bonchev–Trinajstić information content (AvgIpc) is 2.66. The first-order valence-corrected chi connectivity index (χ1v) is 8.90. The van der Waals surface area contributed by atoms with Crippen molar-refractivity contribution >= 4 is 34.9 Å². The van der Waals surface area contributed by atoms with Gasteiger partial charge in [-0.25, -0.2) is 0 Å². The van der Waals surface area contributed by atoms with E-state index in [0.717, 1.165) is 0 Å². The number of anilines is 1. The molecule has 2 amide bonds. The zero-order chi connectivity index (χ0) is 20.0. The second-order valence-corrected chi connectivity index (χ2v) is 6.69. The van der Waals surface area contributed by atoms with Crippen molar-refractivity contribution in [1.82, 2.24) is 5.32 Å². The molecule has 0 aliphatic carbocycles. The summed E-state index contributed by atoms with van der Waals surface area (Å²) in [6.07, 6.45) is 0. The number of hydrogen-bond acceptors (Lipinski definition) is 5. The second-order valence-electron chi connectivity index (χ2n) is 6.25. The first-order chi connectivity index (χ1) is 12.8. The molecule has 2 rings (SSSR count). The third-order valence-corrected chi connectivity index (χ3v) is 4.19. The Morgan fingerprint density at radius 3 is 2.33 bits per heavy atom. The minimum Gasteiger partial charge on any atom is -0.359 e. The van der Waals surface area contributed by atoms with Crippen LogP contribution in [0.1, 0.15) is 29.8 Å². The Morgan fingerprint density at radius 1 is 1.07 bits per heavy atom. The minimum absolute atomic E-state index is 0.0971. The van der Waals surface area contributed by atoms with Crippen molar-refractivity contribution in [2.24, 2.45) is 5.73 Å².